The van der Waals surface area contributed by atoms with Gasteiger partial charge in [0.25, 0.3) is 11.5 Å². The smallest absolute Gasteiger partial charge is 0.291 e. The molecule has 0 aliphatic heterocycles. The first-order chi connectivity index (χ1) is 14.1. The van der Waals surface area contributed by atoms with Crippen molar-refractivity contribution in [2.75, 3.05) is 12.4 Å². The van der Waals surface area contributed by atoms with E-state index in [1.54, 1.807) is 25.3 Å². The van der Waals surface area contributed by atoms with Crippen molar-refractivity contribution in [1.82, 2.24) is 4.98 Å². The second-order valence-corrected chi connectivity index (χ2v) is 7.32. The lowest BCUT2D eigenvalue weighted by atomic mass is 9.90. The lowest BCUT2D eigenvalue weighted by Gasteiger charge is -2.17. The summed E-state index contributed by atoms with van der Waals surface area (Å²) in [6, 6.07) is 12.8. The largest absolute Gasteiger partial charge is 0.493 e. The van der Waals surface area contributed by atoms with Crippen LogP contribution in [-0.2, 0) is 12.8 Å². The molecule has 146 valence electrons. The molecule has 0 spiro atoms. The molecule has 0 radical (unpaired) electrons. The van der Waals surface area contributed by atoms with E-state index in [9.17, 15) is 9.59 Å². The van der Waals surface area contributed by atoms with E-state index in [1.807, 2.05) is 24.3 Å². The van der Waals surface area contributed by atoms with Crippen molar-refractivity contribution in [1.29, 1.82) is 0 Å². The Labute approximate surface area is 166 Å². The average molecular weight is 388 g/mol. The van der Waals surface area contributed by atoms with Gasteiger partial charge < -0.3 is 19.5 Å². The number of methoxy groups -OCH3 is 1. The normalized spacial score (nSPS) is 13.4. The van der Waals surface area contributed by atoms with E-state index in [2.05, 4.69) is 10.3 Å². The van der Waals surface area contributed by atoms with Crippen molar-refractivity contribution in [2.45, 2.75) is 25.7 Å². The van der Waals surface area contributed by atoms with Crippen molar-refractivity contribution >= 4 is 33.5 Å². The number of carbonyl (C=O) groups excluding carboxylic acids is 1. The van der Waals surface area contributed by atoms with Crippen molar-refractivity contribution in [3.05, 3.63) is 69.7 Å². The highest BCUT2D eigenvalue weighted by Gasteiger charge is 2.18. The molecule has 1 aliphatic rings. The van der Waals surface area contributed by atoms with Gasteiger partial charge in [-0.1, -0.05) is 18.2 Å². The molecular weight excluding hydrogens is 368 g/mol. The SMILES string of the molecule is COc1cccc2cc(C(=O)Nc3ccc4c5c(c(=O)[nH]c4c3)CCCC5)oc12. The van der Waals surface area contributed by atoms with Gasteiger partial charge in [-0.25, -0.2) is 0 Å². The Kier molecular flexibility index (Phi) is 4.12. The highest BCUT2D eigenvalue weighted by molar-refractivity contribution is 6.05. The van der Waals surface area contributed by atoms with E-state index in [0.29, 0.717) is 17.0 Å². The number of aromatic amines is 1. The fourth-order valence-corrected chi connectivity index (χ4v) is 4.14. The van der Waals surface area contributed by atoms with Gasteiger partial charge in [0.05, 0.1) is 12.6 Å². The number of benzene rings is 2. The Morgan fingerprint density at radius 3 is 2.76 bits per heavy atom. The Hall–Kier alpha value is -3.54. The maximum Gasteiger partial charge on any atom is 0.291 e. The third-order valence-electron chi connectivity index (χ3n) is 5.54. The van der Waals surface area contributed by atoms with Gasteiger partial charge in [-0.3, -0.25) is 9.59 Å². The molecule has 0 bridgehead atoms. The second-order valence-electron chi connectivity index (χ2n) is 7.32. The van der Waals surface area contributed by atoms with Crippen LogP contribution in [0.15, 0.2) is 51.7 Å². The van der Waals surface area contributed by atoms with Crippen LogP contribution in [0.1, 0.15) is 34.5 Å². The summed E-state index contributed by atoms with van der Waals surface area (Å²) in [5, 5.41) is 4.70. The summed E-state index contributed by atoms with van der Waals surface area (Å²) >= 11 is 0. The first-order valence-electron chi connectivity index (χ1n) is 9.70. The summed E-state index contributed by atoms with van der Waals surface area (Å²) in [6.07, 6.45) is 3.90. The number of ether oxygens (including phenoxy) is 1. The molecule has 0 fully saturated rings. The molecule has 2 aromatic carbocycles. The molecule has 6 nitrogen and oxygen atoms in total. The summed E-state index contributed by atoms with van der Waals surface area (Å²) in [5.41, 5.74) is 3.88. The van der Waals surface area contributed by atoms with Crippen LogP contribution in [-0.4, -0.2) is 18.0 Å². The number of aromatic nitrogens is 1. The Morgan fingerprint density at radius 1 is 1.10 bits per heavy atom. The van der Waals surface area contributed by atoms with E-state index in [1.165, 1.54) is 0 Å². The molecule has 6 heteroatoms. The number of carbonyl (C=O) groups is 1. The molecule has 1 amide bonds. The Bertz CT molecular complexity index is 1320. The molecule has 0 unspecified atom stereocenters. The number of furan rings is 1. The Balaban J connectivity index is 1.49. The highest BCUT2D eigenvalue weighted by Crippen LogP contribution is 2.30. The van der Waals surface area contributed by atoms with Crippen LogP contribution in [0.4, 0.5) is 5.69 Å². The average Bonchev–Trinajstić information content (AvgIpc) is 3.18. The number of anilines is 1. The molecule has 5 rings (SSSR count). The van der Waals surface area contributed by atoms with Gasteiger partial charge in [0.1, 0.15) is 0 Å². The number of pyridine rings is 1. The summed E-state index contributed by atoms with van der Waals surface area (Å²) < 4.78 is 11.0. The molecule has 2 aromatic heterocycles. The number of H-pyrrole nitrogens is 1. The number of aryl methyl sites for hydroxylation is 1. The van der Waals surface area contributed by atoms with Gasteiger partial charge in [-0.15, -0.1) is 0 Å². The lowest BCUT2D eigenvalue weighted by Crippen LogP contribution is -2.19. The van der Waals surface area contributed by atoms with Gasteiger partial charge in [-0.05, 0) is 55.5 Å². The zero-order chi connectivity index (χ0) is 20.0. The van der Waals surface area contributed by atoms with E-state index < -0.39 is 0 Å². The quantitative estimate of drug-likeness (QED) is 0.544. The van der Waals surface area contributed by atoms with Crippen molar-refractivity contribution in [3.63, 3.8) is 0 Å². The zero-order valence-corrected chi connectivity index (χ0v) is 16.0. The third-order valence-corrected chi connectivity index (χ3v) is 5.54. The first kappa shape index (κ1) is 17.6. The number of fused-ring (bicyclic) bond motifs is 4. The number of nitrogens with one attached hydrogen (secondary N) is 2. The summed E-state index contributed by atoms with van der Waals surface area (Å²) in [4.78, 5) is 28.1. The zero-order valence-electron chi connectivity index (χ0n) is 16.0. The van der Waals surface area contributed by atoms with Crippen LogP contribution in [0.3, 0.4) is 0 Å². The van der Waals surface area contributed by atoms with Crippen molar-refractivity contribution < 1.29 is 13.9 Å². The first-order valence-corrected chi connectivity index (χ1v) is 9.70. The maximum atomic E-state index is 12.7. The predicted octanol–water partition coefficient (Wildman–Crippen LogP) is 4.41. The fourth-order valence-electron chi connectivity index (χ4n) is 4.14. The van der Waals surface area contributed by atoms with Crippen LogP contribution < -0.4 is 15.6 Å². The lowest BCUT2D eigenvalue weighted by molar-refractivity contribution is 0.0998. The third kappa shape index (κ3) is 2.97. The monoisotopic (exact) mass is 388 g/mol. The van der Waals surface area contributed by atoms with Gasteiger partial charge in [0.2, 0.25) is 0 Å². The molecule has 0 saturated heterocycles. The molecule has 0 atom stereocenters. The number of amides is 1. The minimum Gasteiger partial charge on any atom is -0.493 e. The van der Waals surface area contributed by atoms with Gasteiger partial charge in [0, 0.05) is 22.0 Å². The number of para-hydroxylation sites is 1. The summed E-state index contributed by atoms with van der Waals surface area (Å²) in [5.74, 6) is 0.418. The maximum absolute atomic E-state index is 12.7. The van der Waals surface area contributed by atoms with E-state index in [4.69, 9.17) is 9.15 Å². The summed E-state index contributed by atoms with van der Waals surface area (Å²) in [6.45, 7) is 0. The van der Waals surface area contributed by atoms with Crippen LogP contribution in [0.25, 0.3) is 21.9 Å². The number of hydrogen-bond donors (Lipinski definition) is 2. The van der Waals surface area contributed by atoms with Crippen LogP contribution >= 0.6 is 0 Å². The number of hydrogen-bond acceptors (Lipinski definition) is 4. The van der Waals surface area contributed by atoms with E-state index in [-0.39, 0.29) is 17.2 Å². The van der Waals surface area contributed by atoms with Crippen LogP contribution in [0.2, 0.25) is 0 Å². The molecule has 2 N–H and O–H groups in total. The number of rotatable bonds is 3. The van der Waals surface area contributed by atoms with Gasteiger partial charge in [-0.2, -0.15) is 0 Å². The molecular formula is C23H20N2O4. The standard InChI is InChI=1S/C23H20N2O4/c1-28-19-8-4-5-13-11-20(29-21(13)19)23(27)24-14-9-10-16-15-6-2-3-7-17(15)22(26)25-18(16)12-14/h4-5,8-12H,2-3,6-7H2,1H3,(H,24,27)(H,25,26). The molecule has 4 aromatic rings. The Morgan fingerprint density at radius 2 is 1.93 bits per heavy atom. The minimum atomic E-state index is -0.358. The predicted molar refractivity (Wildman–Crippen MR) is 112 cm³/mol. The molecule has 1 aliphatic carbocycles. The van der Waals surface area contributed by atoms with Gasteiger partial charge >= 0.3 is 0 Å². The fraction of sp³-hybridized carbons (Fsp3) is 0.217. The minimum absolute atomic E-state index is 0.0277. The molecule has 2 heterocycles. The molecule has 0 saturated carbocycles. The summed E-state index contributed by atoms with van der Waals surface area (Å²) in [7, 11) is 1.56. The van der Waals surface area contributed by atoms with E-state index in [0.717, 1.165) is 53.1 Å². The highest BCUT2D eigenvalue weighted by atomic mass is 16.5. The topological polar surface area (TPSA) is 84.3 Å². The second kappa shape index (κ2) is 6.81. The van der Waals surface area contributed by atoms with Gasteiger partial charge in [0.15, 0.2) is 17.1 Å². The van der Waals surface area contributed by atoms with Crippen LogP contribution in [0.5, 0.6) is 5.75 Å². The van der Waals surface area contributed by atoms with Crippen molar-refractivity contribution in [3.8, 4) is 5.75 Å². The van der Waals surface area contributed by atoms with Crippen LogP contribution in [0, 0.1) is 0 Å². The molecule has 29 heavy (non-hydrogen) atoms. The van der Waals surface area contributed by atoms with E-state index >= 15 is 0 Å². The van der Waals surface area contributed by atoms with Crippen molar-refractivity contribution in [2.24, 2.45) is 0 Å².